The molecule has 0 aromatic carbocycles. The molecule has 1 saturated carbocycles. The van der Waals surface area contributed by atoms with Gasteiger partial charge in [0.1, 0.15) is 0 Å². The predicted octanol–water partition coefficient (Wildman–Crippen LogP) is 1.22. The summed E-state index contributed by atoms with van der Waals surface area (Å²) >= 11 is 0. The summed E-state index contributed by atoms with van der Waals surface area (Å²) in [4.78, 5) is 0. The van der Waals surface area contributed by atoms with Gasteiger partial charge < -0.3 is 0 Å². The number of hydrogen-bond donors (Lipinski definition) is 0. The Labute approximate surface area is 49.5 Å². The van der Waals surface area contributed by atoms with Crippen molar-refractivity contribution >= 4 is 0 Å². The standard InChI is InChI=1S/C6H8N2/c1-4-7-8(5-1)6-2-3-6/h1,4-6H,2-3H2/i1D. The molecule has 2 nitrogen and oxygen atoms in total. The summed E-state index contributed by atoms with van der Waals surface area (Å²) in [5.41, 5.74) is 0. The third-order valence-corrected chi connectivity index (χ3v) is 1.39. The Bertz CT molecular complexity index is 215. The van der Waals surface area contributed by atoms with Gasteiger partial charge >= 0.3 is 0 Å². The van der Waals surface area contributed by atoms with E-state index in [0.717, 1.165) is 0 Å². The van der Waals surface area contributed by atoms with Crippen LogP contribution in [0.2, 0.25) is 0 Å². The first-order chi connectivity index (χ1) is 4.36. The van der Waals surface area contributed by atoms with Gasteiger partial charge in [-0.25, -0.2) is 0 Å². The van der Waals surface area contributed by atoms with Gasteiger partial charge in [0, 0.05) is 12.4 Å². The molecule has 0 N–H and O–H groups in total. The number of nitrogens with zero attached hydrogens (tertiary/aromatic N) is 2. The van der Waals surface area contributed by atoms with Crippen LogP contribution < -0.4 is 0 Å². The van der Waals surface area contributed by atoms with Crippen molar-refractivity contribution in [3.63, 3.8) is 0 Å². The van der Waals surface area contributed by atoms with Crippen LogP contribution in [-0.4, -0.2) is 9.78 Å². The van der Waals surface area contributed by atoms with E-state index in [2.05, 4.69) is 5.10 Å². The molecule has 1 aromatic rings. The fraction of sp³-hybridized carbons (Fsp3) is 0.500. The molecule has 1 fully saturated rings. The molecule has 2 rings (SSSR count). The lowest BCUT2D eigenvalue weighted by Gasteiger charge is -1.91. The Hall–Kier alpha value is -0.790. The molecule has 1 heterocycles. The lowest BCUT2D eigenvalue weighted by molar-refractivity contribution is 0.641. The van der Waals surface area contributed by atoms with Crippen molar-refractivity contribution in [3.8, 4) is 0 Å². The number of hydrogen-bond acceptors (Lipinski definition) is 1. The Balaban J connectivity index is 2.28. The Morgan fingerprint density at radius 1 is 1.75 bits per heavy atom. The highest BCUT2D eigenvalue weighted by Crippen LogP contribution is 2.33. The van der Waals surface area contributed by atoms with Gasteiger partial charge in [0.25, 0.3) is 0 Å². The summed E-state index contributed by atoms with van der Waals surface area (Å²) in [7, 11) is 0. The van der Waals surface area contributed by atoms with E-state index >= 15 is 0 Å². The van der Waals surface area contributed by atoms with Crippen LogP contribution in [0.15, 0.2) is 18.4 Å². The van der Waals surface area contributed by atoms with Gasteiger partial charge in [-0.2, -0.15) is 5.10 Å². The maximum Gasteiger partial charge on any atom is 0.0656 e. The SMILES string of the molecule is [2H]c1cnn(C2CC2)c1. The minimum atomic E-state index is 0.516. The lowest BCUT2D eigenvalue weighted by Crippen LogP contribution is -1.91. The van der Waals surface area contributed by atoms with Crippen LogP contribution in [-0.2, 0) is 0 Å². The highest BCUT2D eigenvalue weighted by Gasteiger charge is 2.22. The topological polar surface area (TPSA) is 17.8 Å². The van der Waals surface area contributed by atoms with Crippen molar-refractivity contribution < 1.29 is 1.37 Å². The second kappa shape index (κ2) is 1.34. The van der Waals surface area contributed by atoms with Crippen LogP contribution in [0.1, 0.15) is 20.3 Å². The van der Waals surface area contributed by atoms with E-state index in [4.69, 9.17) is 1.37 Å². The summed E-state index contributed by atoms with van der Waals surface area (Å²) in [6.07, 6.45) is 5.83. The van der Waals surface area contributed by atoms with E-state index in [1.165, 1.54) is 12.8 Å². The molecule has 1 aromatic heterocycles. The van der Waals surface area contributed by atoms with Crippen molar-refractivity contribution in [1.29, 1.82) is 0 Å². The molecule has 0 unspecified atom stereocenters. The molecular formula is C6H8N2. The van der Waals surface area contributed by atoms with Gasteiger partial charge in [-0.05, 0) is 18.9 Å². The van der Waals surface area contributed by atoms with Crippen molar-refractivity contribution in [1.82, 2.24) is 9.78 Å². The second-order valence-electron chi connectivity index (χ2n) is 2.15. The van der Waals surface area contributed by atoms with Gasteiger partial charge in [0.15, 0.2) is 0 Å². The monoisotopic (exact) mass is 109 g/mol. The maximum absolute atomic E-state index is 7.15. The fourth-order valence-electron chi connectivity index (χ4n) is 0.782. The van der Waals surface area contributed by atoms with Crippen LogP contribution in [0.25, 0.3) is 0 Å². The first-order valence-corrected chi connectivity index (χ1v) is 2.87. The summed E-state index contributed by atoms with van der Waals surface area (Å²) in [5, 5.41) is 4.01. The minimum Gasteiger partial charge on any atom is -0.270 e. The molecule has 0 amide bonds. The zero-order valence-corrected chi connectivity index (χ0v) is 4.54. The van der Waals surface area contributed by atoms with Gasteiger partial charge in [-0.1, -0.05) is 0 Å². The molecule has 42 valence electrons. The maximum atomic E-state index is 7.15. The molecule has 0 radical (unpaired) electrons. The average molecular weight is 109 g/mol. The minimum absolute atomic E-state index is 0.516. The normalized spacial score (nSPS) is 20.8. The van der Waals surface area contributed by atoms with E-state index in [9.17, 15) is 0 Å². The number of rotatable bonds is 1. The Morgan fingerprint density at radius 2 is 2.62 bits per heavy atom. The number of aromatic nitrogens is 2. The smallest absolute Gasteiger partial charge is 0.0656 e. The molecule has 8 heavy (non-hydrogen) atoms. The summed E-state index contributed by atoms with van der Waals surface area (Å²) in [6.45, 7) is 0. The van der Waals surface area contributed by atoms with Crippen LogP contribution in [0, 0.1) is 0 Å². The Morgan fingerprint density at radius 3 is 3.12 bits per heavy atom. The molecule has 1 aliphatic carbocycles. The van der Waals surface area contributed by atoms with E-state index in [1.54, 1.807) is 12.4 Å². The van der Waals surface area contributed by atoms with E-state index in [1.807, 2.05) is 4.68 Å². The first-order valence-electron chi connectivity index (χ1n) is 3.37. The van der Waals surface area contributed by atoms with Gasteiger partial charge in [-0.3, -0.25) is 4.68 Å². The van der Waals surface area contributed by atoms with E-state index in [0.29, 0.717) is 12.1 Å². The van der Waals surface area contributed by atoms with Gasteiger partial charge in [0.05, 0.1) is 7.41 Å². The van der Waals surface area contributed by atoms with Crippen LogP contribution in [0.4, 0.5) is 0 Å². The van der Waals surface area contributed by atoms with E-state index < -0.39 is 0 Å². The van der Waals surface area contributed by atoms with Crippen molar-refractivity contribution in [3.05, 3.63) is 18.4 Å². The Kier molecular flexibility index (Phi) is 0.550. The van der Waals surface area contributed by atoms with Crippen LogP contribution >= 0.6 is 0 Å². The highest BCUT2D eigenvalue weighted by atomic mass is 15.3. The van der Waals surface area contributed by atoms with Gasteiger partial charge in [0.2, 0.25) is 0 Å². The molecular weight excluding hydrogens is 100 g/mol. The predicted molar refractivity (Wildman–Crippen MR) is 30.5 cm³/mol. The highest BCUT2D eigenvalue weighted by molar-refractivity contribution is 4.87. The fourth-order valence-corrected chi connectivity index (χ4v) is 0.782. The summed E-state index contributed by atoms with van der Waals surface area (Å²) in [5.74, 6) is 0. The molecule has 0 saturated heterocycles. The zero-order chi connectivity index (χ0) is 6.27. The molecule has 0 aliphatic heterocycles. The van der Waals surface area contributed by atoms with Gasteiger partial charge in [-0.15, -0.1) is 0 Å². The molecule has 0 atom stereocenters. The van der Waals surface area contributed by atoms with Crippen molar-refractivity contribution in [2.75, 3.05) is 0 Å². The first kappa shape index (κ1) is 3.28. The second-order valence-corrected chi connectivity index (χ2v) is 2.15. The summed E-state index contributed by atoms with van der Waals surface area (Å²) in [6, 6.07) is 1.13. The zero-order valence-electron chi connectivity index (χ0n) is 5.54. The molecule has 2 heteroatoms. The molecule has 1 aliphatic rings. The third kappa shape index (κ3) is 0.529. The van der Waals surface area contributed by atoms with Crippen LogP contribution in [0.3, 0.4) is 0 Å². The van der Waals surface area contributed by atoms with Crippen LogP contribution in [0.5, 0.6) is 0 Å². The quantitative estimate of drug-likeness (QED) is 0.530. The average Bonchev–Trinajstić information content (AvgIpc) is 2.58. The molecule has 0 bridgehead atoms. The third-order valence-electron chi connectivity index (χ3n) is 1.39. The summed E-state index contributed by atoms with van der Waals surface area (Å²) < 4.78 is 9.03. The van der Waals surface area contributed by atoms with Crippen molar-refractivity contribution in [2.24, 2.45) is 0 Å². The van der Waals surface area contributed by atoms with E-state index in [-0.39, 0.29) is 0 Å². The largest absolute Gasteiger partial charge is 0.270 e. The molecule has 0 spiro atoms. The lowest BCUT2D eigenvalue weighted by atomic mass is 10.7. The van der Waals surface area contributed by atoms with Crippen molar-refractivity contribution in [2.45, 2.75) is 18.9 Å².